The molecule has 0 aliphatic rings. The minimum absolute atomic E-state index is 0.198. The zero-order valence-electron chi connectivity index (χ0n) is 10.8. The Balaban J connectivity index is 4.65. The third kappa shape index (κ3) is 4.93. The molecule has 0 radical (unpaired) electrons. The summed E-state index contributed by atoms with van der Waals surface area (Å²) < 4.78 is 45.8. The van der Waals surface area contributed by atoms with Crippen molar-refractivity contribution in [1.29, 1.82) is 0 Å². The number of alkyl halides is 3. The fourth-order valence-electron chi connectivity index (χ4n) is 0.936. The molecule has 0 amide bonds. The van der Waals surface area contributed by atoms with E-state index in [0.29, 0.717) is 0 Å². The van der Waals surface area contributed by atoms with E-state index in [1.165, 1.54) is 6.92 Å². The first-order valence-electron chi connectivity index (χ1n) is 5.44. The van der Waals surface area contributed by atoms with E-state index in [1.807, 2.05) is 0 Å². The second kappa shape index (κ2) is 6.06. The highest BCUT2D eigenvalue weighted by molar-refractivity contribution is 5.77. The van der Waals surface area contributed by atoms with Crippen LogP contribution in [-0.2, 0) is 19.1 Å². The molecule has 2 unspecified atom stereocenters. The smallest absolute Gasteiger partial charge is 0.425 e. The Morgan fingerprint density at radius 3 is 2.11 bits per heavy atom. The number of rotatable bonds is 5. The molecule has 0 spiro atoms. The summed E-state index contributed by atoms with van der Waals surface area (Å²) in [7, 11) is 0. The van der Waals surface area contributed by atoms with E-state index < -0.39 is 29.6 Å². The van der Waals surface area contributed by atoms with Gasteiger partial charge in [-0.2, -0.15) is 13.2 Å². The van der Waals surface area contributed by atoms with Crippen molar-refractivity contribution in [1.82, 2.24) is 0 Å². The van der Waals surface area contributed by atoms with Crippen molar-refractivity contribution in [3.8, 4) is 0 Å². The fraction of sp³-hybridized carbons (Fsp3) is 0.818. The van der Waals surface area contributed by atoms with Gasteiger partial charge in [0.05, 0.1) is 5.41 Å². The third-order valence-corrected chi connectivity index (χ3v) is 2.61. The maximum atomic E-state index is 12.3. The summed E-state index contributed by atoms with van der Waals surface area (Å²) in [6.45, 7) is 4.59. The van der Waals surface area contributed by atoms with Gasteiger partial charge < -0.3 is 9.47 Å². The van der Waals surface area contributed by atoms with Crippen LogP contribution in [0.3, 0.4) is 0 Å². The van der Waals surface area contributed by atoms with Crippen molar-refractivity contribution in [3.63, 3.8) is 0 Å². The first-order chi connectivity index (χ1) is 8.03. The predicted molar refractivity (Wildman–Crippen MR) is 56.6 cm³/mol. The van der Waals surface area contributed by atoms with Crippen LogP contribution in [0.15, 0.2) is 0 Å². The van der Waals surface area contributed by atoms with Crippen LogP contribution >= 0.6 is 0 Å². The standard InChI is InChI=1S/C11H17F3O4/c1-5-10(4,6-17-8(3)15)9(16)18-7(2)11(12,13)14/h7H,5-6H2,1-4H3. The molecule has 2 atom stereocenters. The summed E-state index contributed by atoms with van der Waals surface area (Å²) in [5, 5.41) is 0. The number of carbonyl (C=O) groups excluding carboxylic acids is 2. The molecule has 0 saturated carbocycles. The highest BCUT2D eigenvalue weighted by atomic mass is 19.4. The molecule has 0 fully saturated rings. The maximum Gasteiger partial charge on any atom is 0.425 e. The van der Waals surface area contributed by atoms with Crippen molar-refractivity contribution < 1.29 is 32.2 Å². The molecule has 0 saturated heterocycles. The molecule has 0 N–H and O–H groups in total. The Kier molecular flexibility index (Phi) is 5.63. The quantitative estimate of drug-likeness (QED) is 0.720. The van der Waals surface area contributed by atoms with E-state index in [9.17, 15) is 22.8 Å². The van der Waals surface area contributed by atoms with Crippen molar-refractivity contribution in [3.05, 3.63) is 0 Å². The van der Waals surface area contributed by atoms with Crippen LogP contribution in [-0.4, -0.2) is 30.8 Å². The van der Waals surface area contributed by atoms with Gasteiger partial charge in [0, 0.05) is 6.92 Å². The average Bonchev–Trinajstić information content (AvgIpc) is 2.24. The Morgan fingerprint density at radius 2 is 1.78 bits per heavy atom. The Bertz CT molecular complexity index is 314. The summed E-state index contributed by atoms with van der Waals surface area (Å²) >= 11 is 0. The van der Waals surface area contributed by atoms with Crippen molar-refractivity contribution in [2.75, 3.05) is 6.61 Å². The Morgan fingerprint density at radius 1 is 1.28 bits per heavy atom. The molecule has 0 aliphatic carbocycles. The summed E-state index contributed by atoms with van der Waals surface area (Å²) in [5.74, 6) is -1.64. The Labute approximate surface area is 103 Å². The van der Waals surface area contributed by atoms with Crippen molar-refractivity contribution in [2.45, 2.75) is 46.4 Å². The minimum atomic E-state index is -4.61. The van der Waals surface area contributed by atoms with Gasteiger partial charge in [0.1, 0.15) is 6.61 Å². The second-order valence-electron chi connectivity index (χ2n) is 4.28. The number of hydrogen-bond donors (Lipinski definition) is 0. The van der Waals surface area contributed by atoms with Crippen LogP contribution in [0.25, 0.3) is 0 Å². The van der Waals surface area contributed by atoms with Crippen LogP contribution in [0.5, 0.6) is 0 Å². The highest BCUT2D eigenvalue weighted by Crippen LogP contribution is 2.28. The lowest BCUT2D eigenvalue weighted by Crippen LogP contribution is -2.40. The molecule has 0 aliphatic heterocycles. The topological polar surface area (TPSA) is 52.6 Å². The van der Waals surface area contributed by atoms with Gasteiger partial charge in [-0.1, -0.05) is 6.92 Å². The molecule has 18 heavy (non-hydrogen) atoms. The molecule has 7 heteroatoms. The van der Waals surface area contributed by atoms with Gasteiger partial charge in [-0.05, 0) is 20.3 Å². The molecule has 4 nitrogen and oxygen atoms in total. The second-order valence-corrected chi connectivity index (χ2v) is 4.28. The molecule has 106 valence electrons. The van der Waals surface area contributed by atoms with Gasteiger partial charge in [-0.15, -0.1) is 0 Å². The van der Waals surface area contributed by atoms with E-state index >= 15 is 0 Å². The van der Waals surface area contributed by atoms with Crippen molar-refractivity contribution in [2.24, 2.45) is 5.41 Å². The number of carbonyl (C=O) groups is 2. The monoisotopic (exact) mass is 270 g/mol. The molecular formula is C11H17F3O4. The number of hydrogen-bond acceptors (Lipinski definition) is 4. The zero-order chi connectivity index (χ0) is 14.6. The molecular weight excluding hydrogens is 253 g/mol. The molecule has 0 aromatic rings. The van der Waals surface area contributed by atoms with Crippen LogP contribution in [0.2, 0.25) is 0 Å². The van der Waals surface area contributed by atoms with Gasteiger partial charge in [-0.3, -0.25) is 9.59 Å². The molecule has 0 bridgehead atoms. The highest BCUT2D eigenvalue weighted by Gasteiger charge is 2.43. The van der Waals surface area contributed by atoms with E-state index in [2.05, 4.69) is 9.47 Å². The molecule has 0 rings (SSSR count). The first kappa shape index (κ1) is 16.7. The largest absolute Gasteiger partial charge is 0.465 e. The number of ether oxygens (including phenoxy) is 2. The fourth-order valence-corrected chi connectivity index (χ4v) is 0.936. The average molecular weight is 270 g/mol. The minimum Gasteiger partial charge on any atom is -0.465 e. The van der Waals surface area contributed by atoms with Gasteiger partial charge in [0.2, 0.25) is 0 Å². The van der Waals surface area contributed by atoms with Crippen molar-refractivity contribution >= 4 is 11.9 Å². The number of halogens is 3. The van der Waals surface area contributed by atoms with Gasteiger partial charge in [0.15, 0.2) is 6.10 Å². The molecule has 0 aromatic carbocycles. The van der Waals surface area contributed by atoms with E-state index in [-0.39, 0.29) is 13.0 Å². The first-order valence-corrected chi connectivity index (χ1v) is 5.44. The van der Waals surface area contributed by atoms with Crippen LogP contribution < -0.4 is 0 Å². The number of esters is 2. The lowest BCUT2D eigenvalue weighted by atomic mass is 9.89. The van der Waals surface area contributed by atoms with Gasteiger partial charge in [0.25, 0.3) is 0 Å². The summed E-state index contributed by atoms with van der Waals surface area (Å²) in [6, 6.07) is 0. The molecule has 0 aromatic heterocycles. The van der Waals surface area contributed by atoms with Gasteiger partial charge in [-0.25, -0.2) is 0 Å². The van der Waals surface area contributed by atoms with E-state index in [1.54, 1.807) is 6.92 Å². The van der Waals surface area contributed by atoms with Crippen LogP contribution in [0.1, 0.15) is 34.1 Å². The third-order valence-electron chi connectivity index (χ3n) is 2.61. The van der Waals surface area contributed by atoms with Crippen LogP contribution in [0.4, 0.5) is 13.2 Å². The summed E-state index contributed by atoms with van der Waals surface area (Å²) in [5.41, 5.74) is -1.27. The van der Waals surface area contributed by atoms with E-state index in [0.717, 1.165) is 13.8 Å². The lowest BCUT2D eigenvalue weighted by Gasteiger charge is -2.27. The maximum absolute atomic E-state index is 12.3. The summed E-state index contributed by atoms with van der Waals surface area (Å²) in [6.07, 6.45) is -6.59. The van der Waals surface area contributed by atoms with Gasteiger partial charge >= 0.3 is 18.1 Å². The SMILES string of the molecule is CCC(C)(COC(C)=O)C(=O)OC(C)C(F)(F)F. The predicted octanol–water partition coefficient (Wildman–Crippen LogP) is 2.46. The normalized spacial score (nSPS) is 16.6. The molecule has 0 heterocycles. The zero-order valence-corrected chi connectivity index (χ0v) is 10.8. The summed E-state index contributed by atoms with van der Waals surface area (Å²) in [4.78, 5) is 22.3. The lowest BCUT2D eigenvalue weighted by molar-refractivity contribution is -0.222. The Hall–Kier alpha value is -1.27. The van der Waals surface area contributed by atoms with E-state index in [4.69, 9.17) is 0 Å². The van der Waals surface area contributed by atoms with Crippen LogP contribution in [0, 0.1) is 5.41 Å².